The fraction of sp³-hybridized carbons (Fsp3) is 0.625. The average Bonchev–Trinajstić information content (AvgIpc) is 2.31. The van der Waals surface area contributed by atoms with E-state index in [-0.39, 0.29) is 0 Å². The first-order chi connectivity index (χ1) is 8.56. The molecule has 2 rings (SSSR count). The molecule has 0 saturated carbocycles. The van der Waals surface area contributed by atoms with Crippen molar-refractivity contribution in [1.29, 1.82) is 0 Å². The van der Waals surface area contributed by atoms with E-state index in [1.54, 1.807) is 0 Å². The fourth-order valence-corrected chi connectivity index (χ4v) is 2.64. The van der Waals surface area contributed by atoms with Crippen molar-refractivity contribution >= 4 is 5.69 Å². The van der Waals surface area contributed by atoms with E-state index >= 15 is 0 Å². The smallest absolute Gasteiger partial charge is 0.0369 e. The zero-order valence-electron chi connectivity index (χ0n) is 12.2. The highest BCUT2D eigenvalue weighted by molar-refractivity contribution is 5.50. The Balaban J connectivity index is 2.12. The first kappa shape index (κ1) is 13.4. The third-order valence-electron chi connectivity index (χ3n) is 4.09. The van der Waals surface area contributed by atoms with Crippen LogP contribution in [-0.4, -0.2) is 25.2 Å². The summed E-state index contributed by atoms with van der Waals surface area (Å²) < 4.78 is 0. The highest BCUT2D eigenvalue weighted by atomic mass is 15.1. The van der Waals surface area contributed by atoms with Gasteiger partial charge in [-0.05, 0) is 63.8 Å². The Morgan fingerprint density at radius 1 is 1.00 bits per heavy atom. The quantitative estimate of drug-likeness (QED) is 0.818. The van der Waals surface area contributed by atoms with Gasteiger partial charge in [0.2, 0.25) is 0 Å². The lowest BCUT2D eigenvalue weighted by Gasteiger charge is -2.32. The van der Waals surface area contributed by atoms with Gasteiger partial charge in [0.25, 0.3) is 0 Å². The second-order valence-electron chi connectivity index (χ2n) is 5.80. The molecule has 18 heavy (non-hydrogen) atoms. The van der Waals surface area contributed by atoms with Crippen molar-refractivity contribution in [2.24, 2.45) is 0 Å². The molecule has 0 spiro atoms. The van der Waals surface area contributed by atoms with Crippen molar-refractivity contribution in [2.75, 3.05) is 18.0 Å². The molecular formula is C16H26N2. The molecule has 1 aliphatic heterocycles. The molecule has 0 aliphatic carbocycles. The Morgan fingerprint density at radius 3 is 2.17 bits per heavy atom. The summed E-state index contributed by atoms with van der Waals surface area (Å²) in [5, 5.41) is 3.65. The summed E-state index contributed by atoms with van der Waals surface area (Å²) in [6.45, 7) is 11.3. The molecule has 1 aliphatic rings. The van der Waals surface area contributed by atoms with Crippen LogP contribution in [0.1, 0.15) is 37.8 Å². The minimum absolute atomic E-state index is 0.620. The van der Waals surface area contributed by atoms with Crippen LogP contribution in [0.4, 0.5) is 5.69 Å². The lowest BCUT2D eigenvalue weighted by atomic mass is 10.1. The van der Waals surface area contributed by atoms with Crippen LogP contribution in [0.2, 0.25) is 0 Å². The normalized spacial score (nSPS) is 25.7. The van der Waals surface area contributed by atoms with Crippen LogP contribution in [0.15, 0.2) is 18.2 Å². The van der Waals surface area contributed by atoms with E-state index < -0.39 is 0 Å². The van der Waals surface area contributed by atoms with Crippen molar-refractivity contribution in [1.82, 2.24) is 5.32 Å². The van der Waals surface area contributed by atoms with Gasteiger partial charge >= 0.3 is 0 Å². The number of aryl methyl sites for hydroxylation is 2. The number of nitrogens with zero attached hydrogens (tertiary/aromatic N) is 1. The van der Waals surface area contributed by atoms with Crippen molar-refractivity contribution in [3.05, 3.63) is 29.3 Å². The minimum atomic E-state index is 0.620. The zero-order chi connectivity index (χ0) is 13.1. The molecule has 100 valence electrons. The molecule has 2 atom stereocenters. The van der Waals surface area contributed by atoms with Crippen molar-refractivity contribution < 1.29 is 0 Å². The average molecular weight is 246 g/mol. The van der Waals surface area contributed by atoms with E-state index in [1.807, 2.05) is 0 Å². The molecule has 1 heterocycles. The van der Waals surface area contributed by atoms with E-state index in [2.05, 4.69) is 56.1 Å². The highest BCUT2D eigenvalue weighted by Gasteiger charge is 2.16. The molecule has 1 N–H and O–H groups in total. The van der Waals surface area contributed by atoms with Gasteiger partial charge in [0.1, 0.15) is 0 Å². The van der Waals surface area contributed by atoms with Gasteiger partial charge in [0.15, 0.2) is 0 Å². The predicted molar refractivity (Wildman–Crippen MR) is 79.4 cm³/mol. The first-order valence-corrected chi connectivity index (χ1v) is 7.14. The molecule has 2 heteroatoms. The molecule has 1 saturated heterocycles. The van der Waals surface area contributed by atoms with E-state index in [9.17, 15) is 0 Å². The van der Waals surface area contributed by atoms with Crippen LogP contribution in [0.3, 0.4) is 0 Å². The summed E-state index contributed by atoms with van der Waals surface area (Å²) in [5.74, 6) is 0. The number of rotatable bonds is 1. The molecule has 2 nitrogen and oxygen atoms in total. The second kappa shape index (κ2) is 5.75. The molecule has 0 bridgehead atoms. The summed E-state index contributed by atoms with van der Waals surface area (Å²) >= 11 is 0. The van der Waals surface area contributed by atoms with Gasteiger partial charge in [-0.25, -0.2) is 0 Å². The van der Waals surface area contributed by atoms with Gasteiger partial charge in [0.05, 0.1) is 0 Å². The lowest BCUT2D eigenvalue weighted by molar-refractivity contribution is 0.404. The van der Waals surface area contributed by atoms with Crippen molar-refractivity contribution in [2.45, 2.75) is 52.6 Å². The van der Waals surface area contributed by atoms with Gasteiger partial charge in [0, 0.05) is 30.9 Å². The van der Waals surface area contributed by atoms with Gasteiger partial charge in [-0.3, -0.25) is 0 Å². The Hall–Kier alpha value is -1.02. The van der Waals surface area contributed by atoms with Crippen LogP contribution in [0.5, 0.6) is 0 Å². The molecule has 1 aromatic carbocycles. The van der Waals surface area contributed by atoms with E-state index in [0.717, 1.165) is 13.1 Å². The molecule has 0 aromatic heterocycles. The van der Waals surface area contributed by atoms with Crippen molar-refractivity contribution in [3.63, 3.8) is 0 Å². The van der Waals surface area contributed by atoms with Gasteiger partial charge < -0.3 is 10.2 Å². The summed E-state index contributed by atoms with van der Waals surface area (Å²) in [5.41, 5.74) is 4.17. The van der Waals surface area contributed by atoms with Crippen LogP contribution >= 0.6 is 0 Å². The van der Waals surface area contributed by atoms with E-state index in [4.69, 9.17) is 0 Å². The van der Waals surface area contributed by atoms with Gasteiger partial charge in [-0.1, -0.05) is 6.07 Å². The largest absolute Gasteiger partial charge is 0.371 e. The van der Waals surface area contributed by atoms with E-state index in [0.29, 0.717) is 12.1 Å². The Morgan fingerprint density at radius 2 is 1.61 bits per heavy atom. The van der Waals surface area contributed by atoms with E-state index in [1.165, 1.54) is 29.7 Å². The number of hydrogen-bond donors (Lipinski definition) is 1. The SMILES string of the molecule is Cc1ccc(N2CCC(C)NC(C)CC2)cc1C. The van der Waals surface area contributed by atoms with Crippen molar-refractivity contribution in [3.8, 4) is 0 Å². The monoisotopic (exact) mass is 246 g/mol. The maximum atomic E-state index is 3.65. The summed E-state index contributed by atoms with van der Waals surface area (Å²) in [4.78, 5) is 2.54. The van der Waals surface area contributed by atoms with Gasteiger partial charge in [-0.15, -0.1) is 0 Å². The third kappa shape index (κ3) is 3.26. The lowest BCUT2D eigenvalue weighted by Crippen LogP contribution is -2.43. The predicted octanol–water partition coefficient (Wildman–Crippen LogP) is 3.27. The third-order valence-corrected chi connectivity index (χ3v) is 4.09. The van der Waals surface area contributed by atoms with Crippen LogP contribution in [-0.2, 0) is 0 Å². The maximum Gasteiger partial charge on any atom is 0.0369 e. The summed E-state index contributed by atoms with van der Waals surface area (Å²) in [6.07, 6.45) is 2.44. The maximum absolute atomic E-state index is 3.65. The first-order valence-electron chi connectivity index (χ1n) is 7.14. The summed E-state index contributed by atoms with van der Waals surface area (Å²) in [7, 11) is 0. The molecule has 1 fully saturated rings. The standard InChI is InChI=1S/C16H26N2/c1-12-5-6-16(11-13(12)2)18-9-7-14(3)17-15(4)8-10-18/h5-6,11,14-15,17H,7-10H2,1-4H3. The van der Waals surface area contributed by atoms with Crippen LogP contribution < -0.4 is 10.2 Å². The van der Waals surface area contributed by atoms with Gasteiger partial charge in [-0.2, -0.15) is 0 Å². The highest BCUT2D eigenvalue weighted by Crippen LogP contribution is 2.21. The number of nitrogens with one attached hydrogen (secondary N) is 1. The van der Waals surface area contributed by atoms with Crippen LogP contribution in [0.25, 0.3) is 0 Å². The molecule has 1 aromatic rings. The number of hydrogen-bond acceptors (Lipinski definition) is 2. The molecule has 2 unspecified atom stereocenters. The fourth-order valence-electron chi connectivity index (χ4n) is 2.64. The van der Waals surface area contributed by atoms with Crippen LogP contribution in [0, 0.1) is 13.8 Å². The molecular weight excluding hydrogens is 220 g/mol. The zero-order valence-corrected chi connectivity index (χ0v) is 12.2. The number of benzene rings is 1. The molecule has 0 radical (unpaired) electrons. The topological polar surface area (TPSA) is 15.3 Å². The Bertz CT molecular complexity index is 388. The number of anilines is 1. The summed E-state index contributed by atoms with van der Waals surface area (Å²) in [6, 6.07) is 8.09. The Kier molecular flexibility index (Phi) is 4.28. The molecule has 0 amide bonds. The second-order valence-corrected chi connectivity index (χ2v) is 5.80. The minimum Gasteiger partial charge on any atom is -0.371 e. The Labute approximate surface area is 111 Å².